The van der Waals surface area contributed by atoms with Crippen LogP contribution in [0.15, 0.2) is 56.3 Å². The molecule has 21 heavy (non-hydrogen) atoms. The summed E-state index contributed by atoms with van der Waals surface area (Å²) < 4.78 is 33.7. The fourth-order valence-electron chi connectivity index (χ4n) is 1.71. The Morgan fingerprint density at radius 1 is 1.10 bits per heavy atom. The van der Waals surface area contributed by atoms with Crippen LogP contribution >= 0.6 is 31.9 Å². The van der Waals surface area contributed by atoms with E-state index < -0.39 is 10.0 Å². The van der Waals surface area contributed by atoms with Gasteiger partial charge in [-0.15, -0.1) is 0 Å². The van der Waals surface area contributed by atoms with Crippen molar-refractivity contribution in [2.75, 3.05) is 7.11 Å². The number of sulfonamides is 1. The first-order valence-electron chi connectivity index (χ1n) is 6.00. The second-order valence-electron chi connectivity index (χ2n) is 4.21. The lowest BCUT2D eigenvalue weighted by molar-refractivity contribution is 0.411. The fourth-order valence-corrected chi connectivity index (χ4v) is 3.86. The Morgan fingerprint density at radius 2 is 1.81 bits per heavy atom. The Morgan fingerprint density at radius 3 is 2.43 bits per heavy atom. The minimum absolute atomic E-state index is 0.183. The summed E-state index contributed by atoms with van der Waals surface area (Å²) in [6, 6.07) is 12.1. The molecule has 112 valence electrons. The normalized spacial score (nSPS) is 11.4. The molecule has 0 spiro atoms. The number of hydrogen-bond donors (Lipinski definition) is 1. The zero-order chi connectivity index (χ0) is 15.5. The van der Waals surface area contributed by atoms with Crippen LogP contribution in [0.4, 0.5) is 0 Å². The number of hydrogen-bond acceptors (Lipinski definition) is 3. The first kappa shape index (κ1) is 16.5. The Bertz CT molecular complexity index is 748. The lowest BCUT2D eigenvalue weighted by Gasteiger charge is -2.10. The smallest absolute Gasteiger partial charge is 0.240 e. The van der Waals surface area contributed by atoms with Crippen molar-refractivity contribution in [3.05, 3.63) is 57.0 Å². The Kier molecular flexibility index (Phi) is 5.43. The van der Waals surface area contributed by atoms with Crippen LogP contribution in [0, 0.1) is 0 Å². The van der Waals surface area contributed by atoms with Crippen LogP contribution in [-0.2, 0) is 16.6 Å². The molecule has 0 aliphatic rings. The van der Waals surface area contributed by atoms with E-state index in [1.54, 1.807) is 6.07 Å². The highest BCUT2D eigenvalue weighted by Gasteiger charge is 2.16. The molecule has 0 atom stereocenters. The zero-order valence-corrected chi connectivity index (χ0v) is 15.1. The third-order valence-electron chi connectivity index (χ3n) is 2.84. The summed E-state index contributed by atoms with van der Waals surface area (Å²) in [5.41, 5.74) is 0.869. The number of benzene rings is 2. The summed E-state index contributed by atoms with van der Waals surface area (Å²) in [7, 11) is -2.05. The quantitative estimate of drug-likeness (QED) is 0.780. The van der Waals surface area contributed by atoms with Crippen molar-refractivity contribution >= 4 is 41.9 Å². The van der Waals surface area contributed by atoms with Crippen LogP contribution in [0.25, 0.3) is 0 Å². The third kappa shape index (κ3) is 4.06. The SMILES string of the molecule is COc1ccc(S(=O)(=O)NCc2ccccc2Br)cc1Br. The molecule has 0 aliphatic heterocycles. The maximum atomic E-state index is 12.3. The molecule has 0 aromatic heterocycles. The second kappa shape index (κ2) is 6.91. The fraction of sp³-hybridized carbons (Fsp3) is 0.143. The average Bonchev–Trinajstić information content (AvgIpc) is 2.46. The van der Waals surface area contributed by atoms with E-state index in [4.69, 9.17) is 4.74 Å². The summed E-state index contributed by atoms with van der Waals surface area (Å²) in [5, 5.41) is 0. The maximum absolute atomic E-state index is 12.3. The van der Waals surface area contributed by atoms with Gasteiger partial charge in [0.1, 0.15) is 5.75 Å². The van der Waals surface area contributed by atoms with Crippen molar-refractivity contribution in [1.29, 1.82) is 0 Å². The molecule has 0 heterocycles. The molecule has 0 saturated heterocycles. The number of rotatable bonds is 5. The first-order chi connectivity index (χ1) is 9.94. The first-order valence-corrected chi connectivity index (χ1v) is 9.07. The highest BCUT2D eigenvalue weighted by atomic mass is 79.9. The maximum Gasteiger partial charge on any atom is 0.240 e. The van der Waals surface area contributed by atoms with Crippen LogP contribution in [0.5, 0.6) is 5.75 Å². The standard InChI is InChI=1S/C14H13Br2NO3S/c1-20-14-7-6-11(8-13(14)16)21(18,19)17-9-10-4-2-3-5-12(10)15/h2-8,17H,9H2,1H3. The lowest BCUT2D eigenvalue weighted by atomic mass is 10.2. The molecule has 0 fully saturated rings. The molecule has 7 heteroatoms. The summed E-state index contributed by atoms with van der Waals surface area (Å²) in [6.45, 7) is 0.216. The van der Waals surface area contributed by atoms with Gasteiger partial charge < -0.3 is 4.74 Å². The molecule has 0 bridgehead atoms. The van der Waals surface area contributed by atoms with E-state index in [-0.39, 0.29) is 11.4 Å². The Hall–Kier alpha value is -0.890. The highest BCUT2D eigenvalue weighted by Crippen LogP contribution is 2.27. The van der Waals surface area contributed by atoms with E-state index >= 15 is 0 Å². The predicted molar refractivity (Wildman–Crippen MR) is 88.9 cm³/mol. The molecular formula is C14H13Br2NO3S. The van der Waals surface area contributed by atoms with E-state index in [1.807, 2.05) is 24.3 Å². The van der Waals surface area contributed by atoms with Crippen LogP contribution < -0.4 is 9.46 Å². The molecule has 0 aliphatic carbocycles. The van der Waals surface area contributed by atoms with E-state index in [2.05, 4.69) is 36.6 Å². The zero-order valence-electron chi connectivity index (χ0n) is 11.1. The molecule has 2 rings (SSSR count). The largest absolute Gasteiger partial charge is 0.496 e. The second-order valence-corrected chi connectivity index (χ2v) is 7.69. The van der Waals surface area contributed by atoms with Crippen LogP contribution in [-0.4, -0.2) is 15.5 Å². The van der Waals surface area contributed by atoms with Crippen LogP contribution in [0.2, 0.25) is 0 Å². The van der Waals surface area contributed by atoms with Crippen molar-refractivity contribution in [3.8, 4) is 5.75 Å². The summed E-state index contributed by atoms with van der Waals surface area (Å²) in [6.07, 6.45) is 0. The minimum Gasteiger partial charge on any atom is -0.496 e. The van der Waals surface area contributed by atoms with Gasteiger partial charge in [0.25, 0.3) is 0 Å². The predicted octanol–water partition coefficient (Wildman–Crippen LogP) is 3.70. The summed E-state index contributed by atoms with van der Waals surface area (Å²) in [5.74, 6) is 0.583. The van der Waals surface area contributed by atoms with Crippen LogP contribution in [0.3, 0.4) is 0 Å². The van der Waals surface area contributed by atoms with Crippen molar-refractivity contribution in [2.24, 2.45) is 0 Å². The van der Waals surface area contributed by atoms with Crippen molar-refractivity contribution < 1.29 is 13.2 Å². The van der Waals surface area contributed by atoms with Crippen molar-refractivity contribution in [3.63, 3.8) is 0 Å². The molecule has 0 saturated carbocycles. The summed E-state index contributed by atoms with van der Waals surface area (Å²) >= 11 is 6.67. The van der Waals surface area contributed by atoms with Gasteiger partial charge in [0.2, 0.25) is 10.0 Å². The molecule has 0 radical (unpaired) electrons. The van der Waals surface area contributed by atoms with E-state index in [0.717, 1.165) is 10.0 Å². The Balaban J connectivity index is 2.19. The van der Waals surface area contributed by atoms with Gasteiger partial charge in [-0.05, 0) is 45.8 Å². The van der Waals surface area contributed by atoms with Gasteiger partial charge in [-0.1, -0.05) is 34.1 Å². The molecule has 1 N–H and O–H groups in total. The monoisotopic (exact) mass is 433 g/mol. The van der Waals surface area contributed by atoms with Gasteiger partial charge in [-0.3, -0.25) is 0 Å². The Labute approximate surface area is 140 Å². The van der Waals surface area contributed by atoms with Gasteiger partial charge in [0.05, 0.1) is 16.5 Å². The molecular weight excluding hydrogens is 422 g/mol. The highest BCUT2D eigenvalue weighted by molar-refractivity contribution is 9.10. The topological polar surface area (TPSA) is 55.4 Å². The molecule has 0 amide bonds. The summed E-state index contributed by atoms with van der Waals surface area (Å²) in [4.78, 5) is 0.183. The number of halogens is 2. The third-order valence-corrected chi connectivity index (χ3v) is 5.64. The van der Waals surface area contributed by atoms with Crippen molar-refractivity contribution in [1.82, 2.24) is 4.72 Å². The molecule has 2 aromatic carbocycles. The molecule has 2 aromatic rings. The number of ether oxygens (including phenoxy) is 1. The molecule has 4 nitrogen and oxygen atoms in total. The number of methoxy groups -OCH3 is 1. The van der Waals surface area contributed by atoms with Gasteiger partial charge in [0, 0.05) is 11.0 Å². The molecule has 0 unspecified atom stereocenters. The van der Waals surface area contributed by atoms with E-state index in [1.165, 1.54) is 19.2 Å². The van der Waals surface area contributed by atoms with E-state index in [0.29, 0.717) is 10.2 Å². The average molecular weight is 435 g/mol. The van der Waals surface area contributed by atoms with Gasteiger partial charge in [-0.25, -0.2) is 13.1 Å². The van der Waals surface area contributed by atoms with Crippen LogP contribution in [0.1, 0.15) is 5.56 Å². The minimum atomic E-state index is -3.58. The number of nitrogens with one attached hydrogen (secondary N) is 1. The van der Waals surface area contributed by atoms with Gasteiger partial charge in [0.15, 0.2) is 0 Å². The van der Waals surface area contributed by atoms with E-state index in [9.17, 15) is 8.42 Å². The van der Waals surface area contributed by atoms with Crippen molar-refractivity contribution in [2.45, 2.75) is 11.4 Å². The lowest BCUT2D eigenvalue weighted by Crippen LogP contribution is -2.23. The van der Waals surface area contributed by atoms with Gasteiger partial charge in [-0.2, -0.15) is 0 Å². The van der Waals surface area contributed by atoms with Gasteiger partial charge >= 0.3 is 0 Å².